The molecule has 0 spiro atoms. The number of hydrogen-bond donors (Lipinski definition) is 2. The normalized spacial score (nSPS) is 11.3. The van der Waals surface area contributed by atoms with Gasteiger partial charge in [-0.15, -0.1) is 11.6 Å². The van der Waals surface area contributed by atoms with Gasteiger partial charge in [0.1, 0.15) is 5.82 Å². The fourth-order valence-electron chi connectivity index (χ4n) is 2.36. The molecule has 0 aliphatic carbocycles. The van der Waals surface area contributed by atoms with Gasteiger partial charge >= 0.3 is 0 Å². The maximum absolute atomic E-state index is 13.1. The van der Waals surface area contributed by atoms with E-state index >= 15 is 0 Å². The van der Waals surface area contributed by atoms with Crippen molar-refractivity contribution in [2.24, 2.45) is 5.10 Å². The van der Waals surface area contributed by atoms with E-state index in [0.29, 0.717) is 17.4 Å². The molecule has 0 radical (unpaired) electrons. The Kier molecular flexibility index (Phi) is 7.34. The largest absolute Gasteiger partial charge is 0.331 e. The van der Waals surface area contributed by atoms with E-state index in [1.165, 1.54) is 17.7 Å². The molecule has 2 N–H and O–H groups in total. The predicted molar refractivity (Wildman–Crippen MR) is 108 cm³/mol. The summed E-state index contributed by atoms with van der Waals surface area (Å²) in [7, 11) is 0. The third-order valence-corrected chi connectivity index (χ3v) is 4.11. The predicted octanol–water partition coefficient (Wildman–Crippen LogP) is 5.15. The van der Waals surface area contributed by atoms with Gasteiger partial charge in [-0.25, -0.2) is 4.39 Å². The summed E-state index contributed by atoms with van der Waals surface area (Å²) in [6, 6.07) is 12.3. The van der Waals surface area contributed by atoms with Gasteiger partial charge in [-0.2, -0.15) is 5.10 Å². The van der Waals surface area contributed by atoms with Crippen LogP contribution in [0.3, 0.4) is 0 Å². The van der Waals surface area contributed by atoms with Crippen LogP contribution in [0.25, 0.3) is 0 Å². The summed E-state index contributed by atoms with van der Waals surface area (Å²) in [6.45, 7) is 4.06. The minimum atomic E-state index is -0.277. The van der Waals surface area contributed by atoms with Crippen molar-refractivity contribution in [3.63, 3.8) is 0 Å². The third-order valence-electron chi connectivity index (χ3n) is 3.65. The smallest absolute Gasteiger partial charge is 0.191 e. The Bertz CT molecular complexity index is 760. The van der Waals surface area contributed by atoms with Gasteiger partial charge in [0.25, 0.3) is 0 Å². The van der Waals surface area contributed by atoms with Crippen LogP contribution in [0.15, 0.2) is 47.6 Å². The number of hydrazone groups is 1. The molecule has 6 heteroatoms. The van der Waals surface area contributed by atoms with E-state index in [1.54, 1.807) is 12.1 Å². The van der Waals surface area contributed by atoms with Gasteiger partial charge in [0.2, 0.25) is 0 Å². The van der Waals surface area contributed by atoms with E-state index < -0.39 is 0 Å². The van der Waals surface area contributed by atoms with Gasteiger partial charge in [0.05, 0.1) is 5.71 Å². The molecular formula is C19H21ClFN3S. The van der Waals surface area contributed by atoms with E-state index in [-0.39, 0.29) is 5.82 Å². The van der Waals surface area contributed by atoms with Crippen LogP contribution in [0.4, 0.5) is 10.1 Å². The fraction of sp³-hybridized carbons (Fsp3) is 0.263. The Morgan fingerprint density at radius 1 is 1.16 bits per heavy atom. The number of anilines is 1. The van der Waals surface area contributed by atoms with Crippen molar-refractivity contribution in [2.75, 3.05) is 11.2 Å². The second kappa shape index (κ2) is 9.49. The summed E-state index contributed by atoms with van der Waals surface area (Å²) in [6.07, 6.45) is 1.45. The van der Waals surface area contributed by atoms with Crippen LogP contribution in [0.1, 0.15) is 29.5 Å². The number of aryl methyl sites for hydroxylation is 2. The molecule has 0 aromatic heterocycles. The molecule has 0 aliphatic rings. The molecule has 2 rings (SSSR count). The van der Waals surface area contributed by atoms with Gasteiger partial charge in [-0.05, 0) is 68.2 Å². The van der Waals surface area contributed by atoms with Crippen molar-refractivity contribution in [2.45, 2.75) is 26.7 Å². The van der Waals surface area contributed by atoms with Gasteiger partial charge in [0, 0.05) is 11.6 Å². The molecular weight excluding hydrogens is 357 g/mol. The lowest BCUT2D eigenvalue weighted by Crippen LogP contribution is -2.25. The average molecular weight is 378 g/mol. The second-order valence-corrected chi connectivity index (χ2v) is 6.53. The minimum Gasteiger partial charge on any atom is -0.331 e. The highest BCUT2D eigenvalue weighted by atomic mass is 35.5. The van der Waals surface area contributed by atoms with E-state index in [4.69, 9.17) is 23.8 Å². The van der Waals surface area contributed by atoms with Crippen molar-refractivity contribution >= 4 is 40.3 Å². The molecule has 0 aliphatic heterocycles. The topological polar surface area (TPSA) is 36.4 Å². The number of benzene rings is 2. The molecule has 0 fully saturated rings. The van der Waals surface area contributed by atoms with Crippen LogP contribution in [-0.2, 0) is 0 Å². The van der Waals surface area contributed by atoms with Crippen LogP contribution < -0.4 is 10.7 Å². The van der Waals surface area contributed by atoms with Crippen LogP contribution >= 0.6 is 23.8 Å². The molecule has 0 saturated heterocycles. The quantitative estimate of drug-likeness (QED) is 0.316. The standard InChI is InChI=1S/C19H21ClFN3S/c1-13-5-10-17(14(2)12-13)22-19(25)24-23-18(4-3-11-20)15-6-8-16(21)9-7-15/h5-10,12H,3-4,11H2,1-2H3,(H2,22,24,25)/b23-18-. The first kappa shape index (κ1) is 19.3. The number of nitrogens with zero attached hydrogens (tertiary/aromatic N) is 1. The van der Waals surface area contributed by atoms with Gasteiger partial charge in [-0.3, -0.25) is 5.43 Å². The molecule has 0 heterocycles. The van der Waals surface area contributed by atoms with E-state index in [0.717, 1.165) is 28.9 Å². The van der Waals surface area contributed by atoms with E-state index in [1.807, 2.05) is 26.0 Å². The number of hydrogen-bond acceptors (Lipinski definition) is 2. The lowest BCUT2D eigenvalue weighted by atomic mass is 10.1. The number of thiocarbonyl (C=S) groups is 1. The van der Waals surface area contributed by atoms with Crippen molar-refractivity contribution in [1.82, 2.24) is 5.43 Å². The lowest BCUT2D eigenvalue weighted by Gasteiger charge is -2.12. The minimum absolute atomic E-state index is 0.277. The van der Waals surface area contributed by atoms with Crippen LogP contribution in [0, 0.1) is 19.7 Å². The number of halogens is 2. The summed E-state index contributed by atoms with van der Waals surface area (Å²) >= 11 is 11.1. The third kappa shape index (κ3) is 6.11. The van der Waals surface area contributed by atoms with E-state index in [2.05, 4.69) is 21.9 Å². The van der Waals surface area contributed by atoms with Crippen LogP contribution in [0.5, 0.6) is 0 Å². The summed E-state index contributed by atoms with van der Waals surface area (Å²) in [5.74, 6) is 0.256. The first-order valence-corrected chi connectivity index (χ1v) is 8.96. The molecule has 0 atom stereocenters. The zero-order valence-corrected chi connectivity index (χ0v) is 15.8. The lowest BCUT2D eigenvalue weighted by molar-refractivity contribution is 0.627. The van der Waals surface area contributed by atoms with Crippen LogP contribution in [0.2, 0.25) is 0 Å². The molecule has 0 amide bonds. The molecule has 25 heavy (non-hydrogen) atoms. The van der Waals surface area contributed by atoms with Crippen molar-refractivity contribution in [1.29, 1.82) is 0 Å². The van der Waals surface area contributed by atoms with Gasteiger partial charge in [-0.1, -0.05) is 29.8 Å². The molecule has 132 valence electrons. The molecule has 0 saturated carbocycles. The number of alkyl halides is 1. The summed E-state index contributed by atoms with van der Waals surface area (Å²) < 4.78 is 13.1. The van der Waals surface area contributed by atoms with Crippen LogP contribution in [-0.4, -0.2) is 16.7 Å². The maximum Gasteiger partial charge on any atom is 0.191 e. The Morgan fingerprint density at radius 3 is 2.52 bits per heavy atom. The first-order chi connectivity index (χ1) is 12.0. The van der Waals surface area contributed by atoms with Gasteiger partial charge in [0.15, 0.2) is 5.11 Å². The van der Waals surface area contributed by atoms with Crippen molar-refractivity contribution in [3.05, 3.63) is 65.0 Å². The Balaban J connectivity index is 2.08. The molecule has 3 nitrogen and oxygen atoms in total. The summed E-state index contributed by atoms with van der Waals surface area (Å²) in [4.78, 5) is 0. The highest BCUT2D eigenvalue weighted by molar-refractivity contribution is 7.80. The maximum atomic E-state index is 13.1. The Morgan fingerprint density at radius 2 is 1.88 bits per heavy atom. The summed E-state index contributed by atoms with van der Waals surface area (Å²) in [5.41, 5.74) is 7.72. The number of rotatable bonds is 6. The summed E-state index contributed by atoms with van der Waals surface area (Å²) in [5, 5.41) is 7.92. The fourth-order valence-corrected chi connectivity index (χ4v) is 2.65. The second-order valence-electron chi connectivity index (χ2n) is 5.74. The SMILES string of the molecule is Cc1ccc(NC(=S)N/N=C(/CCCCl)c2ccc(F)cc2)c(C)c1. The highest BCUT2D eigenvalue weighted by Crippen LogP contribution is 2.16. The zero-order valence-electron chi connectivity index (χ0n) is 14.3. The average Bonchev–Trinajstić information content (AvgIpc) is 2.58. The highest BCUT2D eigenvalue weighted by Gasteiger charge is 2.06. The molecule has 0 unspecified atom stereocenters. The van der Waals surface area contributed by atoms with E-state index in [9.17, 15) is 4.39 Å². The zero-order chi connectivity index (χ0) is 18.2. The molecule has 2 aromatic rings. The van der Waals surface area contributed by atoms with Gasteiger partial charge < -0.3 is 5.32 Å². The Hall–Kier alpha value is -1.98. The Labute approximate surface area is 158 Å². The molecule has 2 aromatic carbocycles. The first-order valence-electron chi connectivity index (χ1n) is 8.02. The monoisotopic (exact) mass is 377 g/mol. The van der Waals surface area contributed by atoms with Crippen molar-refractivity contribution in [3.8, 4) is 0 Å². The number of nitrogens with one attached hydrogen (secondary N) is 2. The van der Waals surface area contributed by atoms with Crippen molar-refractivity contribution < 1.29 is 4.39 Å². The molecule has 0 bridgehead atoms.